The summed E-state index contributed by atoms with van der Waals surface area (Å²) >= 11 is 6.04. The van der Waals surface area contributed by atoms with E-state index in [9.17, 15) is 0 Å². The zero-order valence-electron chi connectivity index (χ0n) is 16.3. The van der Waals surface area contributed by atoms with Crippen LogP contribution in [-0.2, 0) is 6.42 Å². The maximum absolute atomic E-state index is 6.04. The van der Waals surface area contributed by atoms with E-state index in [2.05, 4.69) is 115 Å². The van der Waals surface area contributed by atoms with Crippen molar-refractivity contribution < 1.29 is 0 Å². The van der Waals surface area contributed by atoms with Crippen LogP contribution in [0, 0.1) is 0 Å². The van der Waals surface area contributed by atoms with Gasteiger partial charge >= 0.3 is 0 Å². The lowest BCUT2D eigenvalue weighted by Gasteiger charge is -2.18. The van der Waals surface area contributed by atoms with Crippen LogP contribution in [0.2, 0.25) is 0 Å². The third-order valence-corrected chi connectivity index (χ3v) is 8.00. The molecular formula is C27H24ClP. The van der Waals surface area contributed by atoms with Gasteiger partial charge in [-0.3, -0.25) is 0 Å². The fourth-order valence-corrected chi connectivity index (χ4v) is 6.31. The molecule has 0 aromatic heterocycles. The number of rotatable bonds is 3. The van der Waals surface area contributed by atoms with Crippen LogP contribution in [0.3, 0.4) is 0 Å². The van der Waals surface area contributed by atoms with E-state index in [1.165, 1.54) is 27.0 Å². The summed E-state index contributed by atoms with van der Waals surface area (Å²) in [5, 5.41) is 4.47. The van der Waals surface area contributed by atoms with Crippen LogP contribution in [0.5, 0.6) is 0 Å². The second kappa shape index (κ2) is 9.88. The highest BCUT2D eigenvalue weighted by Gasteiger charge is 2.18. The van der Waals surface area contributed by atoms with Gasteiger partial charge in [-0.15, -0.1) is 11.6 Å². The fourth-order valence-electron chi connectivity index (χ4n) is 3.68. The Hall–Kier alpha value is -2.40. The summed E-state index contributed by atoms with van der Waals surface area (Å²) in [5.74, 6) is 0. The van der Waals surface area contributed by atoms with Crippen molar-refractivity contribution in [3.63, 3.8) is 0 Å². The minimum atomic E-state index is -0.446. The van der Waals surface area contributed by atoms with Crippen LogP contribution in [0.4, 0.5) is 0 Å². The third kappa shape index (κ3) is 4.96. The molecule has 29 heavy (non-hydrogen) atoms. The van der Waals surface area contributed by atoms with Gasteiger partial charge in [-0.25, -0.2) is 0 Å². The van der Waals surface area contributed by atoms with Gasteiger partial charge < -0.3 is 0 Å². The summed E-state index contributed by atoms with van der Waals surface area (Å²) in [6.07, 6.45) is 2.27. The third-order valence-electron chi connectivity index (χ3n) is 5.10. The standard InChI is InChI=1S/C18H15P.C9H9Cl/c1-4-10-16(11-5-1)19(17-12-6-2-7-13-17)18-14-8-3-9-15-18;10-9-6-5-7-3-1-2-4-8(7)9/h1-15H;1-4,9H,5-6H2. The minimum absolute atomic E-state index is 0.274. The first-order chi connectivity index (χ1) is 14.3. The maximum atomic E-state index is 6.04. The number of hydrogen-bond donors (Lipinski definition) is 0. The molecule has 0 radical (unpaired) electrons. The van der Waals surface area contributed by atoms with Crippen molar-refractivity contribution in [3.05, 3.63) is 126 Å². The van der Waals surface area contributed by atoms with Gasteiger partial charge in [0, 0.05) is 0 Å². The second-order valence-electron chi connectivity index (χ2n) is 7.05. The van der Waals surface area contributed by atoms with E-state index in [0.29, 0.717) is 0 Å². The Kier molecular flexibility index (Phi) is 6.78. The average Bonchev–Trinajstić information content (AvgIpc) is 3.18. The Balaban J connectivity index is 0.000000171. The van der Waals surface area contributed by atoms with Crippen molar-refractivity contribution in [2.24, 2.45) is 0 Å². The van der Waals surface area contributed by atoms with E-state index in [1.807, 2.05) is 0 Å². The molecule has 0 amide bonds. The van der Waals surface area contributed by atoms with E-state index >= 15 is 0 Å². The zero-order chi connectivity index (χ0) is 19.9. The molecule has 1 aliphatic rings. The molecule has 5 rings (SSSR count). The molecule has 0 saturated carbocycles. The molecule has 2 heteroatoms. The van der Waals surface area contributed by atoms with Crippen molar-refractivity contribution in [1.82, 2.24) is 0 Å². The molecule has 4 aromatic carbocycles. The monoisotopic (exact) mass is 414 g/mol. The SMILES string of the molecule is ClC1CCc2ccccc21.c1ccc(P(c2ccccc2)c2ccccc2)cc1. The summed E-state index contributed by atoms with van der Waals surface area (Å²) < 4.78 is 0. The quantitative estimate of drug-likeness (QED) is 0.270. The molecule has 1 atom stereocenters. The predicted molar refractivity (Wildman–Crippen MR) is 129 cm³/mol. The summed E-state index contributed by atoms with van der Waals surface area (Å²) in [6.45, 7) is 0. The molecule has 144 valence electrons. The zero-order valence-corrected chi connectivity index (χ0v) is 17.9. The molecular weight excluding hydrogens is 391 g/mol. The van der Waals surface area contributed by atoms with E-state index in [1.54, 1.807) is 0 Å². The number of fused-ring (bicyclic) bond motifs is 1. The van der Waals surface area contributed by atoms with Crippen LogP contribution >= 0.6 is 19.5 Å². The molecule has 4 aromatic rings. The van der Waals surface area contributed by atoms with Gasteiger partial charge in [-0.2, -0.15) is 0 Å². The fraction of sp³-hybridized carbons (Fsp3) is 0.111. The van der Waals surface area contributed by atoms with Gasteiger partial charge in [0.2, 0.25) is 0 Å². The van der Waals surface area contributed by atoms with Crippen LogP contribution in [0.15, 0.2) is 115 Å². The topological polar surface area (TPSA) is 0 Å². The van der Waals surface area contributed by atoms with Crippen LogP contribution in [0.1, 0.15) is 22.9 Å². The Labute approximate surface area is 180 Å². The van der Waals surface area contributed by atoms with Crippen molar-refractivity contribution in [2.75, 3.05) is 0 Å². The normalized spacial score (nSPS) is 14.8. The minimum Gasteiger partial charge on any atom is -0.118 e. The Morgan fingerprint density at radius 1 is 0.552 bits per heavy atom. The van der Waals surface area contributed by atoms with Crippen molar-refractivity contribution in [3.8, 4) is 0 Å². The van der Waals surface area contributed by atoms with Gasteiger partial charge in [-0.1, -0.05) is 115 Å². The highest BCUT2D eigenvalue weighted by molar-refractivity contribution is 7.79. The number of halogens is 1. The highest BCUT2D eigenvalue weighted by Crippen LogP contribution is 2.35. The molecule has 0 N–H and O–H groups in total. The lowest BCUT2D eigenvalue weighted by molar-refractivity contribution is 0.882. The smallest absolute Gasteiger partial charge is 0.0591 e. The van der Waals surface area contributed by atoms with Gasteiger partial charge in [0.1, 0.15) is 0 Å². The van der Waals surface area contributed by atoms with E-state index < -0.39 is 7.92 Å². The molecule has 0 heterocycles. The molecule has 0 bridgehead atoms. The van der Waals surface area contributed by atoms with Crippen molar-refractivity contribution in [1.29, 1.82) is 0 Å². The molecule has 0 aliphatic heterocycles. The molecule has 1 aliphatic carbocycles. The molecule has 0 nitrogen and oxygen atoms in total. The lowest BCUT2D eigenvalue weighted by Crippen LogP contribution is -2.20. The second-order valence-corrected chi connectivity index (χ2v) is 9.79. The number of benzene rings is 4. The maximum Gasteiger partial charge on any atom is 0.0591 e. The molecule has 1 unspecified atom stereocenters. The Morgan fingerprint density at radius 3 is 1.41 bits per heavy atom. The first-order valence-corrected chi connectivity index (χ1v) is 11.8. The highest BCUT2D eigenvalue weighted by atomic mass is 35.5. The largest absolute Gasteiger partial charge is 0.118 e. The lowest BCUT2D eigenvalue weighted by atomic mass is 10.1. The van der Waals surface area contributed by atoms with Crippen molar-refractivity contribution in [2.45, 2.75) is 18.2 Å². The van der Waals surface area contributed by atoms with Gasteiger partial charge in [-0.05, 0) is 47.8 Å². The Bertz CT molecular complexity index is 922. The molecule has 0 fully saturated rings. The van der Waals surface area contributed by atoms with E-state index in [-0.39, 0.29) is 5.38 Å². The van der Waals surface area contributed by atoms with Gasteiger partial charge in [0.05, 0.1) is 5.38 Å². The van der Waals surface area contributed by atoms with Crippen LogP contribution < -0.4 is 15.9 Å². The first-order valence-electron chi connectivity index (χ1n) is 10.00. The van der Waals surface area contributed by atoms with Crippen LogP contribution in [0.25, 0.3) is 0 Å². The van der Waals surface area contributed by atoms with E-state index in [0.717, 1.165) is 12.8 Å². The molecule has 0 spiro atoms. The van der Waals surface area contributed by atoms with E-state index in [4.69, 9.17) is 11.6 Å². The number of aryl methyl sites for hydroxylation is 1. The first kappa shape index (κ1) is 19.9. The summed E-state index contributed by atoms with van der Waals surface area (Å²) in [4.78, 5) is 0. The summed E-state index contributed by atoms with van der Waals surface area (Å²) in [5.41, 5.74) is 2.77. The predicted octanol–water partition coefficient (Wildman–Crippen LogP) is 6.36. The van der Waals surface area contributed by atoms with Gasteiger partial charge in [0.15, 0.2) is 0 Å². The Morgan fingerprint density at radius 2 is 0.966 bits per heavy atom. The average molecular weight is 415 g/mol. The summed E-state index contributed by atoms with van der Waals surface area (Å²) in [6, 6.07) is 40.7. The number of hydrogen-bond acceptors (Lipinski definition) is 0. The number of alkyl halides is 1. The van der Waals surface area contributed by atoms with Gasteiger partial charge in [0.25, 0.3) is 0 Å². The van der Waals surface area contributed by atoms with Crippen LogP contribution in [-0.4, -0.2) is 0 Å². The summed E-state index contributed by atoms with van der Waals surface area (Å²) in [7, 11) is -0.446. The molecule has 0 saturated heterocycles. The van der Waals surface area contributed by atoms with Crippen molar-refractivity contribution >= 4 is 35.4 Å².